The predicted octanol–water partition coefficient (Wildman–Crippen LogP) is 3.05. The Morgan fingerprint density at radius 3 is 2.04 bits per heavy atom. The molecule has 27 heavy (non-hydrogen) atoms. The van der Waals surface area contributed by atoms with Crippen molar-refractivity contribution in [2.45, 2.75) is 36.3 Å². The van der Waals surface area contributed by atoms with E-state index in [4.69, 9.17) is 9.47 Å². The second kappa shape index (κ2) is 6.66. The van der Waals surface area contributed by atoms with Crippen LogP contribution in [0.4, 0.5) is 0 Å². The number of rotatable bonds is 3. The lowest BCUT2D eigenvalue weighted by atomic mass is 10.1. The molecule has 0 aromatic heterocycles. The maximum Gasteiger partial charge on any atom is 0.348 e. The van der Waals surface area contributed by atoms with Crippen LogP contribution in [0.1, 0.15) is 25.0 Å². The molecule has 1 aliphatic heterocycles. The molecule has 7 heteroatoms. The number of carbonyl (C=O) groups is 2. The number of hydrogen-bond acceptors (Lipinski definition) is 6. The molecule has 0 aliphatic carbocycles. The van der Waals surface area contributed by atoms with E-state index in [0.29, 0.717) is 0 Å². The Balaban J connectivity index is 2.09. The zero-order valence-electron chi connectivity index (χ0n) is 15.1. The normalized spacial score (nSPS) is 16.5. The first-order chi connectivity index (χ1) is 12.6. The van der Waals surface area contributed by atoms with E-state index in [2.05, 4.69) is 0 Å². The van der Waals surface area contributed by atoms with Crippen LogP contribution in [-0.2, 0) is 28.9 Å². The summed E-state index contributed by atoms with van der Waals surface area (Å²) in [6.45, 7) is 4.74. The van der Waals surface area contributed by atoms with Gasteiger partial charge < -0.3 is 9.47 Å². The van der Waals surface area contributed by atoms with Gasteiger partial charge >= 0.3 is 11.9 Å². The van der Waals surface area contributed by atoms with Crippen LogP contribution in [0.5, 0.6) is 0 Å². The van der Waals surface area contributed by atoms with Crippen LogP contribution >= 0.6 is 0 Å². The number of carbonyl (C=O) groups excluding carboxylic acids is 2. The Labute approximate surface area is 157 Å². The molecular formula is C20H18O6S. The van der Waals surface area contributed by atoms with Crippen LogP contribution in [0, 0.1) is 6.92 Å². The molecule has 0 spiro atoms. The van der Waals surface area contributed by atoms with E-state index in [1.807, 2.05) is 6.92 Å². The molecule has 0 atom stereocenters. The third-order valence-electron chi connectivity index (χ3n) is 3.96. The lowest BCUT2D eigenvalue weighted by Crippen LogP contribution is -2.41. The fourth-order valence-electron chi connectivity index (χ4n) is 2.62. The van der Waals surface area contributed by atoms with Crippen molar-refractivity contribution in [3.8, 4) is 0 Å². The smallest absolute Gasteiger partial charge is 0.348 e. The van der Waals surface area contributed by atoms with Crippen molar-refractivity contribution in [3.63, 3.8) is 0 Å². The van der Waals surface area contributed by atoms with Crippen molar-refractivity contribution >= 4 is 27.9 Å². The molecule has 1 fully saturated rings. The van der Waals surface area contributed by atoms with Gasteiger partial charge in [-0.1, -0.05) is 35.9 Å². The van der Waals surface area contributed by atoms with E-state index in [0.717, 1.165) is 5.56 Å². The first kappa shape index (κ1) is 18.8. The Hall–Kier alpha value is -2.93. The molecule has 0 radical (unpaired) electrons. The van der Waals surface area contributed by atoms with Crippen LogP contribution in [0.25, 0.3) is 6.08 Å². The molecule has 0 N–H and O–H groups in total. The maximum absolute atomic E-state index is 13.0. The minimum absolute atomic E-state index is 0.0215. The largest absolute Gasteiger partial charge is 0.419 e. The zero-order chi connectivity index (χ0) is 19.8. The first-order valence-electron chi connectivity index (χ1n) is 8.19. The fourth-order valence-corrected chi connectivity index (χ4v) is 4.07. The van der Waals surface area contributed by atoms with E-state index >= 15 is 0 Å². The topological polar surface area (TPSA) is 86.7 Å². The zero-order valence-corrected chi connectivity index (χ0v) is 15.9. The Morgan fingerprint density at radius 2 is 1.44 bits per heavy atom. The van der Waals surface area contributed by atoms with Crippen molar-refractivity contribution in [1.29, 1.82) is 0 Å². The van der Waals surface area contributed by atoms with Crippen LogP contribution in [-0.4, -0.2) is 26.1 Å². The summed E-state index contributed by atoms with van der Waals surface area (Å²) in [6.07, 6.45) is 1.18. The van der Waals surface area contributed by atoms with Gasteiger partial charge in [-0.25, -0.2) is 18.0 Å². The molecule has 2 aromatic carbocycles. The van der Waals surface area contributed by atoms with Crippen LogP contribution in [0.2, 0.25) is 0 Å². The van der Waals surface area contributed by atoms with E-state index in [1.165, 1.54) is 44.2 Å². The third kappa shape index (κ3) is 3.78. The number of esters is 2. The van der Waals surface area contributed by atoms with Gasteiger partial charge in [0, 0.05) is 13.8 Å². The van der Waals surface area contributed by atoms with Gasteiger partial charge in [-0.15, -0.1) is 0 Å². The molecule has 0 bridgehead atoms. The lowest BCUT2D eigenvalue weighted by Gasteiger charge is -2.29. The Bertz CT molecular complexity index is 1020. The van der Waals surface area contributed by atoms with Crippen LogP contribution in [0.15, 0.2) is 63.9 Å². The summed E-state index contributed by atoms with van der Waals surface area (Å²) in [5.41, 5.74) is 0.766. The first-order valence-corrected chi connectivity index (χ1v) is 9.68. The summed E-state index contributed by atoms with van der Waals surface area (Å²) in [6, 6.07) is 12.5. The predicted molar refractivity (Wildman–Crippen MR) is 97.3 cm³/mol. The monoisotopic (exact) mass is 386 g/mol. The van der Waals surface area contributed by atoms with Crippen LogP contribution < -0.4 is 0 Å². The van der Waals surface area contributed by atoms with Crippen molar-refractivity contribution in [2.24, 2.45) is 0 Å². The molecule has 1 aliphatic rings. The Morgan fingerprint density at radius 1 is 0.889 bits per heavy atom. The average molecular weight is 386 g/mol. The van der Waals surface area contributed by atoms with Gasteiger partial charge in [0.25, 0.3) is 5.79 Å². The quantitative estimate of drug-likeness (QED) is 0.458. The van der Waals surface area contributed by atoms with Crippen molar-refractivity contribution in [3.05, 3.63) is 65.2 Å². The third-order valence-corrected chi connectivity index (χ3v) is 5.80. The highest BCUT2D eigenvalue weighted by molar-refractivity contribution is 7.91. The number of sulfone groups is 1. The lowest BCUT2D eigenvalue weighted by molar-refractivity contribution is -0.222. The van der Waals surface area contributed by atoms with E-state index < -0.39 is 27.6 Å². The second-order valence-corrected chi connectivity index (χ2v) is 8.51. The van der Waals surface area contributed by atoms with E-state index in [9.17, 15) is 18.0 Å². The summed E-state index contributed by atoms with van der Waals surface area (Å²) in [5, 5.41) is 0. The molecule has 2 aromatic rings. The van der Waals surface area contributed by atoms with Gasteiger partial charge in [0.1, 0.15) is 5.57 Å². The van der Waals surface area contributed by atoms with Crippen LogP contribution in [0.3, 0.4) is 0 Å². The van der Waals surface area contributed by atoms with Gasteiger partial charge in [0.05, 0.1) is 9.79 Å². The highest BCUT2D eigenvalue weighted by atomic mass is 32.2. The number of hydrogen-bond donors (Lipinski definition) is 0. The number of cyclic esters (lactones) is 2. The molecule has 6 nitrogen and oxygen atoms in total. The molecule has 1 saturated heterocycles. The molecule has 0 amide bonds. The highest BCUT2D eigenvalue weighted by Gasteiger charge is 2.39. The van der Waals surface area contributed by atoms with Gasteiger partial charge in [0.15, 0.2) is 0 Å². The molecule has 3 rings (SSSR count). The molecule has 1 heterocycles. The Kier molecular flexibility index (Phi) is 4.65. The van der Waals surface area contributed by atoms with Crippen molar-refractivity contribution < 1.29 is 27.5 Å². The second-order valence-electron chi connectivity index (χ2n) is 6.59. The summed E-state index contributed by atoms with van der Waals surface area (Å²) in [5.74, 6) is -3.09. The summed E-state index contributed by atoms with van der Waals surface area (Å²) < 4.78 is 36.1. The summed E-state index contributed by atoms with van der Waals surface area (Å²) >= 11 is 0. The van der Waals surface area contributed by atoms with Gasteiger partial charge in [-0.2, -0.15) is 0 Å². The molecule has 140 valence electrons. The molecular weight excluding hydrogens is 368 g/mol. The minimum Gasteiger partial charge on any atom is -0.419 e. The number of ether oxygens (including phenoxy) is 2. The van der Waals surface area contributed by atoms with Crippen molar-refractivity contribution in [1.82, 2.24) is 0 Å². The van der Waals surface area contributed by atoms with Crippen molar-refractivity contribution in [2.75, 3.05) is 0 Å². The average Bonchev–Trinajstić information content (AvgIpc) is 2.58. The van der Waals surface area contributed by atoms with E-state index in [-0.39, 0.29) is 20.9 Å². The SMILES string of the molecule is Cc1ccc(S(=O)(=O)c2ccccc2C=C2C(=O)OC(C)(C)OC2=O)cc1. The number of aryl methyl sites for hydroxylation is 1. The minimum atomic E-state index is -3.84. The van der Waals surface area contributed by atoms with Gasteiger partial charge in [0.2, 0.25) is 9.84 Å². The maximum atomic E-state index is 13.0. The van der Waals surface area contributed by atoms with E-state index in [1.54, 1.807) is 24.3 Å². The standard InChI is InChI=1S/C20H18O6S/c1-13-8-10-15(11-9-13)27(23,24)17-7-5-4-6-14(17)12-16-18(21)25-20(2,3)26-19(16)22/h4-12H,1-3H3. The van der Waals surface area contributed by atoms with Gasteiger partial charge in [-0.3, -0.25) is 0 Å². The molecule has 0 saturated carbocycles. The highest BCUT2D eigenvalue weighted by Crippen LogP contribution is 2.29. The molecule has 0 unspecified atom stereocenters. The van der Waals surface area contributed by atoms with Gasteiger partial charge in [-0.05, 0) is 36.8 Å². The summed E-state index contributed by atoms with van der Waals surface area (Å²) in [4.78, 5) is 24.4. The number of benzene rings is 2. The fraction of sp³-hybridized carbons (Fsp3) is 0.200. The summed E-state index contributed by atoms with van der Waals surface area (Å²) in [7, 11) is -3.84.